The van der Waals surface area contributed by atoms with Crippen LogP contribution in [-0.4, -0.2) is 28.4 Å². The van der Waals surface area contributed by atoms with Gasteiger partial charge in [-0.05, 0) is 31.2 Å². The standard InChI is InChI=1S/C11H14ClN3OS/c1-17-11(4-5-11)6-14-10(16)9-7(12)2-3-8(13)15-9/h2-3H,4-6H2,1H3,(H2,13,15)(H,14,16). The van der Waals surface area contributed by atoms with E-state index in [1.54, 1.807) is 23.9 Å². The van der Waals surface area contributed by atoms with Crippen molar-refractivity contribution in [1.29, 1.82) is 0 Å². The molecule has 0 atom stereocenters. The molecular weight excluding hydrogens is 258 g/mol. The lowest BCUT2D eigenvalue weighted by Gasteiger charge is -2.13. The first-order valence-corrected chi connectivity index (χ1v) is 6.92. The number of anilines is 1. The van der Waals surface area contributed by atoms with E-state index in [4.69, 9.17) is 17.3 Å². The number of nitrogens with one attached hydrogen (secondary N) is 1. The second-order valence-electron chi connectivity index (χ2n) is 4.14. The number of aromatic nitrogens is 1. The predicted octanol–water partition coefficient (Wildman–Crippen LogP) is 1.94. The van der Waals surface area contributed by atoms with Crippen LogP contribution in [0.4, 0.5) is 5.82 Å². The van der Waals surface area contributed by atoms with Gasteiger partial charge < -0.3 is 11.1 Å². The van der Waals surface area contributed by atoms with Gasteiger partial charge >= 0.3 is 0 Å². The van der Waals surface area contributed by atoms with Crippen molar-refractivity contribution in [2.75, 3.05) is 18.5 Å². The van der Waals surface area contributed by atoms with Crippen molar-refractivity contribution in [3.05, 3.63) is 22.8 Å². The van der Waals surface area contributed by atoms with E-state index in [0.29, 0.717) is 17.4 Å². The molecule has 4 nitrogen and oxygen atoms in total. The van der Waals surface area contributed by atoms with Gasteiger partial charge in [-0.2, -0.15) is 11.8 Å². The molecule has 0 aliphatic heterocycles. The Morgan fingerprint density at radius 2 is 2.35 bits per heavy atom. The molecule has 1 heterocycles. The van der Waals surface area contributed by atoms with Gasteiger partial charge in [-0.15, -0.1) is 0 Å². The Morgan fingerprint density at radius 1 is 1.65 bits per heavy atom. The van der Waals surface area contributed by atoms with E-state index in [-0.39, 0.29) is 16.3 Å². The minimum atomic E-state index is -0.261. The lowest BCUT2D eigenvalue weighted by Crippen LogP contribution is -2.32. The van der Waals surface area contributed by atoms with Gasteiger partial charge in [0.05, 0.1) is 5.02 Å². The van der Waals surface area contributed by atoms with E-state index in [9.17, 15) is 4.79 Å². The third-order valence-corrected chi connectivity index (χ3v) is 4.62. The van der Waals surface area contributed by atoms with E-state index >= 15 is 0 Å². The molecule has 2 rings (SSSR count). The van der Waals surface area contributed by atoms with Crippen LogP contribution < -0.4 is 11.1 Å². The summed E-state index contributed by atoms with van der Waals surface area (Å²) in [6.45, 7) is 0.653. The first-order valence-electron chi connectivity index (χ1n) is 5.32. The molecule has 0 radical (unpaired) electrons. The number of hydrogen-bond acceptors (Lipinski definition) is 4. The zero-order chi connectivity index (χ0) is 12.5. The summed E-state index contributed by atoms with van der Waals surface area (Å²) >= 11 is 7.70. The fraction of sp³-hybridized carbons (Fsp3) is 0.455. The minimum Gasteiger partial charge on any atom is -0.384 e. The van der Waals surface area contributed by atoms with Crippen LogP contribution in [0.15, 0.2) is 12.1 Å². The minimum absolute atomic E-state index is 0.198. The van der Waals surface area contributed by atoms with Crippen LogP contribution in [0.25, 0.3) is 0 Å². The molecule has 3 N–H and O–H groups in total. The monoisotopic (exact) mass is 271 g/mol. The van der Waals surface area contributed by atoms with Crippen molar-refractivity contribution in [2.24, 2.45) is 0 Å². The Hall–Kier alpha value is -0.940. The topological polar surface area (TPSA) is 68.0 Å². The quantitative estimate of drug-likeness (QED) is 0.878. The molecule has 92 valence electrons. The number of pyridine rings is 1. The Morgan fingerprint density at radius 3 is 2.94 bits per heavy atom. The van der Waals surface area contributed by atoms with Crippen molar-refractivity contribution in [3.8, 4) is 0 Å². The number of hydrogen-bond donors (Lipinski definition) is 2. The average molecular weight is 272 g/mol. The highest BCUT2D eigenvalue weighted by molar-refractivity contribution is 8.00. The van der Waals surface area contributed by atoms with Gasteiger partial charge in [0, 0.05) is 11.3 Å². The van der Waals surface area contributed by atoms with Crippen LogP contribution in [0.1, 0.15) is 23.3 Å². The molecule has 0 saturated heterocycles. The molecule has 0 aromatic carbocycles. The second-order valence-corrected chi connectivity index (χ2v) is 5.82. The Balaban J connectivity index is 2.02. The summed E-state index contributed by atoms with van der Waals surface area (Å²) in [4.78, 5) is 15.8. The van der Waals surface area contributed by atoms with Crippen molar-refractivity contribution >= 4 is 35.1 Å². The molecule has 0 spiro atoms. The number of halogens is 1. The number of nitrogens with two attached hydrogens (primary N) is 1. The van der Waals surface area contributed by atoms with E-state index < -0.39 is 0 Å². The second kappa shape index (κ2) is 4.74. The SMILES string of the molecule is CSC1(CNC(=O)c2nc(N)ccc2Cl)CC1. The van der Waals surface area contributed by atoms with Crippen LogP contribution in [-0.2, 0) is 0 Å². The molecule has 0 bridgehead atoms. The fourth-order valence-electron chi connectivity index (χ4n) is 1.53. The summed E-state index contributed by atoms with van der Waals surface area (Å²) in [5.74, 6) is 0.0353. The molecule has 17 heavy (non-hydrogen) atoms. The summed E-state index contributed by atoms with van der Waals surface area (Å²) < 4.78 is 0.225. The summed E-state index contributed by atoms with van der Waals surface area (Å²) in [6.07, 6.45) is 4.35. The molecule has 1 aromatic rings. The van der Waals surface area contributed by atoms with Gasteiger partial charge in [0.25, 0.3) is 5.91 Å². The molecule has 1 aliphatic carbocycles. The van der Waals surface area contributed by atoms with Crippen LogP contribution in [0.2, 0.25) is 5.02 Å². The third-order valence-electron chi connectivity index (χ3n) is 2.89. The fourth-order valence-corrected chi connectivity index (χ4v) is 2.45. The van der Waals surface area contributed by atoms with Crippen LogP contribution in [0, 0.1) is 0 Å². The van der Waals surface area contributed by atoms with Crippen LogP contribution in [0.5, 0.6) is 0 Å². The Labute approximate surface area is 109 Å². The largest absolute Gasteiger partial charge is 0.384 e. The van der Waals surface area contributed by atoms with Gasteiger partial charge in [0.2, 0.25) is 0 Å². The zero-order valence-corrected chi connectivity index (χ0v) is 11.1. The molecule has 6 heteroatoms. The zero-order valence-electron chi connectivity index (χ0n) is 9.50. The summed E-state index contributed by atoms with van der Waals surface area (Å²) in [7, 11) is 0. The van der Waals surface area contributed by atoms with Gasteiger partial charge in [-0.3, -0.25) is 4.79 Å². The summed E-state index contributed by atoms with van der Waals surface area (Å²) in [5, 5.41) is 3.18. The average Bonchev–Trinajstić information content (AvgIpc) is 3.10. The summed E-state index contributed by atoms with van der Waals surface area (Å²) in [5.41, 5.74) is 5.73. The number of carbonyl (C=O) groups excluding carboxylic acids is 1. The lowest BCUT2D eigenvalue weighted by molar-refractivity contribution is 0.0948. The Kier molecular flexibility index (Phi) is 3.49. The highest BCUT2D eigenvalue weighted by Crippen LogP contribution is 2.46. The number of nitrogen functional groups attached to an aromatic ring is 1. The smallest absolute Gasteiger partial charge is 0.271 e. The maximum absolute atomic E-state index is 11.9. The van der Waals surface area contributed by atoms with Crippen molar-refractivity contribution in [2.45, 2.75) is 17.6 Å². The maximum atomic E-state index is 11.9. The predicted molar refractivity (Wildman–Crippen MR) is 71.5 cm³/mol. The number of rotatable bonds is 4. The van der Waals surface area contributed by atoms with Gasteiger partial charge in [0.15, 0.2) is 0 Å². The first kappa shape index (κ1) is 12.5. The highest BCUT2D eigenvalue weighted by atomic mass is 35.5. The number of thioether (sulfide) groups is 1. The molecule has 1 aromatic heterocycles. The molecule has 1 fully saturated rings. The number of carbonyl (C=O) groups is 1. The van der Waals surface area contributed by atoms with E-state index in [1.165, 1.54) is 0 Å². The van der Waals surface area contributed by atoms with Gasteiger partial charge in [-0.25, -0.2) is 4.98 Å². The molecule has 0 unspecified atom stereocenters. The highest BCUT2D eigenvalue weighted by Gasteiger charge is 2.42. The van der Waals surface area contributed by atoms with Crippen LogP contribution >= 0.6 is 23.4 Å². The van der Waals surface area contributed by atoms with Gasteiger partial charge in [-0.1, -0.05) is 11.6 Å². The normalized spacial score (nSPS) is 16.6. The molecule has 1 saturated carbocycles. The molecule has 1 amide bonds. The number of amides is 1. The lowest BCUT2D eigenvalue weighted by atomic mass is 10.3. The maximum Gasteiger partial charge on any atom is 0.271 e. The van der Waals surface area contributed by atoms with E-state index in [2.05, 4.69) is 16.6 Å². The van der Waals surface area contributed by atoms with Crippen molar-refractivity contribution < 1.29 is 4.79 Å². The van der Waals surface area contributed by atoms with E-state index in [1.807, 2.05) is 0 Å². The summed E-state index contributed by atoms with van der Waals surface area (Å²) in [6, 6.07) is 3.16. The third kappa shape index (κ3) is 2.84. The molecule has 1 aliphatic rings. The van der Waals surface area contributed by atoms with Crippen molar-refractivity contribution in [3.63, 3.8) is 0 Å². The molecular formula is C11H14ClN3OS. The van der Waals surface area contributed by atoms with Crippen molar-refractivity contribution in [1.82, 2.24) is 10.3 Å². The van der Waals surface area contributed by atoms with Gasteiger partial charge in [0.1, 0.15) is 11.5 Å². The Bertz CT molecular complexity index is 448. The number of nitrogens with zero attached hydrogens (tertiary/aromatic N) is 1. The first-order chi connectivity index (χ1) is 8.06. The van der Waals surface area contributed by atoms with E-state index in [0.717, 1.165) is 12.8 Å². The van der Waals surface area contributed by atoms with Crippen LogP contribution in [0.3, 0.4) is 0 Å².